The Morgan fingerprint density at radius 2 is 0.402 bits per heavy atom. The van der Waals surface area contributed by atoms with E-state index < -0.39 is 6.10 Å². The van der Waals surface area contributed by atoms with Gasteiger partial charge in [-0.2, -0.15) is 0 Å². The van der Waals surface area contributed by atoms with Crippen molar-refractivity contribution in [2.45, 2.75) is 444 Å². The Kier molecular flexibility index (Phi) is 70.0. The van der Waals surface area contributed by atoms with Crippen LogP contribution in [0.25, 0.3) is 0 Å². The van der Waals surface area contributed by atoms with Crippen LogP contribution in [0.4, 0.5) is 0 Å². The summed E-state index contributed by atoms with van der Waals surface area (Å²) in [4.78, 5) is 38.6. The Balaban J connectivity index is 4.26. The van der Waals surface area contributed by atoms with Crippen LogP contribution in [0.1, 0.15) is 438 Å². The number of hydrogen-bond donors (Lipinski definition) is 0. The highest BCUT2D eigenvalue weighted by atomic mass is 16.6. The van der Waals surface area contributed by atoms with Gasteiger partial charge in [-0.1, -0.05) is 386 Å². The SMILES string of the molecule is CCCCCCCCCC/C=C\CCCCCCCCCCCCCCCC(=O)OCC(COC(=O)CCCCCCCCCCCCCCCCCCCCC)OC(=O)CCCCCCCCCCCCCCCCCCCCCC. The summed E-state index contributed by atoms with van der Waals surface area (Å²) >= 11 is 0. The topological polar surface area (TPSA) is 78.9 Å². The zero-order valence-electron chi connectivity index (χ0n) is 56.1. The number of esters is 3. The van der Waals surface area contributed by atoms with Crippen molar-refractivity contribution in [1.82, 2.24) is 0 Å². The molecule has 1 atom stereocenters. The predicted molar refractivity (Wildman–Crippen MR) is 358 cm³/mol. The highest BCUT2D eigenvalue weighted by Crippen LogP contribution is 2.20. The van der Waals surface area contributed by atoms with Gasteiger partial charge >= 0.3 is 17.9 Å². The summed E-state index contributed by atoms with van der Waals surface area (Å²) < 4.78 is 17.1. The molecular weight excluding hydrogens is 1010 g/mol. The summed E-state index contributed by atoms with van der Waals surface area (Å²) in [6, 6.07) is 0. The first-order valence-electron chi connectivity index (χ1n) is 37.7. The van der Waals surface area contributed by atoms with Gasteiger partial charge in [0.2, 0.25) is 0 Å². The molecule has 0 aliphatic carbocycles. The number of allylic oxidation sites excluding steroid dienone is 2. The minimum Gasteiger partial charge on any atom is -0.462 e. The number of carbonyl (C=O) groups excluding carboxylic acids is 3. The maximum Gasteiger partial charge on any atom is 0.306 e. The van der Waals surface area contributed by atoms with Gasteiger partial charge in [0.05, 0.1) is 0 Å². The van der Waals surface area contributed by atoms with Gasteiger partial charge in [0.25, 0.3) is 0 Å². The van der Waals surface area contributed by atoms with Gasteiger partial charge in [-0.05, 0) is 44.9 Å². The van der Waals surface area contributed by atoms with Crippen molar-refractivity contribution in [3.8, 4) is 0 Å². The highest BCUT2D eigenvalue weighted by Gasteiger charge is 2.20. The summed E-state index contributed by atoms with van der Waals surface area (Å²) in [6.07, 6.45) is 86.8. The molecule has 0 aromatic heterocycles. The normalized spacial score (nSPS) is 12.0. The fourth-order valence-electron chi connectivity index (χ4n) is 11.9. The molecule has 6 heteroatoms. The van der Waals surface area contributed by atoms with E-state index in [-0.39, 0.29) is 31.1 Å². The summed E-state index contributed by atoms with van der Waals surface area (Å²) in [5, 5.41) is 0. The van der Waals surface area contributed by atoms with Gasteiger partial charge in [0.1, 0.15) is 13.2 Å². The Hall–Kier alpha value is -1.85. The van der Waals surface area contributed by atoms with E-state index in [4.69, 9.17) is 14.2 Å². The first-order chi connectivity index (χ1) is 40.5. The third-order valence-corrected chi connectivity index (χ3v) is 17.5. The van der Waals surface area contributed by atoms with Crippen molar-refractivity contribution in [2.75, 3.05) is 13.2 Å². The van der Waals surface area contributed by atoms with Crippen molar-refractivity contribution in [3.63, 3.8) is 0 Å². The molecule has 0 heterocycles. The molecule has 0 aliphatic rings. The van der Waals surface area contributed by atoms with E-state index in [1.54, 1.807) is 0 Å². The molecule has 6 nitrogen and oxygen atoms in total. The average molecular weight is 1160 g/mol. The van der Waals surface area contributed by atoms with Crippen molar-refractivity contribution in [3.05, 3.63) is 12.2 Å². The van der Waals surface area contributed by atoms with E-state index in [0.29, 0.717) is 19.3 Å². The van der Waals surface area contributed by atoms with Crippen LogP contribution in [-0.2, 0) is 28.6 Å². The third-order valence-electron chi connectivity index (χ3n) is 17.5. The van der Waals surface area contributed by atoms with Crippen LogP contribution in [0.3, 0.4) is 0 Å². The molecule has 0 N–H and O–H groups in total. The maximum atomic E-state index is 13.0. The van der Waals surface area contributed by atoms with E-state index in [1.165, 1.54) is 340 Å². The molecule has 0 aromatic carbocycles. The highest BCUT2D eigenvalue weighted by molar-refractivity contribution is 5.71. The van der Waals surface area contributed by atoms with Crippen LogP contribution in [0.5, 0.6) is 0 Å². The third kappa shape index (κ3) is 68.9. The van der Waals surface area contributed by atoms with Gasteiger partial charge in [-0.25, -0.2) is 0 Å². The summed E-state index contributed by atoms with van der Waals surface area (Å²) in [6.45, 7) is 6.75. The first-order valence-corrected chi connectivity index (χ1v) is 37.7. The average Bonchev–Trinajstić information content (AvgIpc) is 3.47. The molecule has 486 valence electrons. The Morgan fingerprint density at radius 1 is 0.232 bits per heavy atom. The number of carbonyl (C=O) groups is 3. The molecule has 0 fully saturated rings. The summed E-state index contributed by atoms with van der Waals surface area (Å²) in [7, 11) is 0. The van der Waals surface area contributed by atoms with Gasteiger partial charge in [-0.3, -0.25) is 14.4 Å². The lowest BCUT2D eigenvalue weighted by Gasteiger charge is -2.18. The van der Waals surface area contributed by atoms with Crippen LogP contribution in [-0.4, -0.2) is 37.2 Å². The molecule has 0 bridgehead atoms. The van der Waals surface area contributed by atoms with Crippen LogP contribution < -0.4 is 0 Å². The van der Waals surface area contributed by atoms with Crippen molar-refractivity contribution < 1.29 is 28.6 Å². The number of unbranched alkanes of at least 4 members (excludes halogenated alkanes) is 58. The molecule has 0 amide bonds. The quantitative estimate of drug-likeness (QED) is 0.0261. The van der Waals surface area contributed by atoms with Gasteiger partial charge in [-0.15, -0.1) is 0 Å². The molecule has 0 saturated heterocycles. The molecule has 0 spiro atoms. The number of hydrogen-bond acceptors (Lipinski definition) is 6. The largest absolute Gasteiger partial charge is 0.462 e. The van der Waals surface area contributed by atoms with Crippen molar-refractivity contribution in [1.29, 1.82) is 0 Å². The van der Waals surface area contributed by atoms with E-state index in [9.17, 15) is 14.4 Å². The Morgan fingerprint density at radius 3 is 0.610 bits per heavy atom. The molecular formula is C76H146O6. The zero-order chi connectivity index (χ0) is 59.2. The second-order valence-electron chi connectivity index (χ2n) is 25.9. The second-order valence-corrected chi connectivity index (χ2v) is 25.9. The lowest BCUT2D eigenvalue weighted by Crippen LogP contribution is -2.30. The van der Waals surface area contributed by atoms with Crippen molar-refractivity contribution >= 4 is 17.9 Å². The van der Waals surface area contributed by atoms with E-state index in [2.05, 4.69) is 32.9 Å². The van der Waals surface area contributed by atoms with Gasteiger partial charge in [0, 0.05) is 19.3 Å². The lowest BCUT2D eigenvalue weighted by atomic mass is 10.0. The van der Waals surface area contributed by atoms with E-state index in [1.807, 2.05) is 0 Å². The first kappa shape index (κ1) is 80.2. The standard InChI is InChI=1S/C76H146O6/c1-4-7-10-13-16-19-22-25-28-31-34-36-37-38-39-40-43-45-48-51-54-57-60-63-66-69-75(78)81-72-73(71-80-74(77)68-65-62-59-56-53-50-47-44-41-33-30-27-24-21-18-15-12-9-6-3)82-76(79)70-67-64-61-58-55-52-49-46-42-35-32-29-26-23-20-17-14-11-8-5-2/h31,34,73H,4-30,32-33,35-72H2,1-3H3/b34-31-. The summed E-state index contributed by atoms with van der Waals surface area (Å²) in [5.41, 5.74) is 0. The van der Waals surface area contributed by atoms with E-state index in [0.717, 1.165) is 57.8 Å². The maximum absolute atomic E-state index is 13.0. The van der Waals surface area contributed by atoms with Gasteiger partial charge in [0.15, 0.2) is 6.10 Å². The van der Waals surface area contributed by atoms with Gasteiger partial charge < -0.3 is 14.2 Å². The van der Waals surface area contributed by atoms with Crippen LogP contribution in [0, 0.1) is 0 Å². The van der Waals surface area contributed by atoms with Crippen LogP contribution in [0.2, 0.25) is 0 Å². The Labute approximate surface area is 513 Å². The van der Waals surface area contributed by atoms with Crippen LogP contribution >= 0.6 is 0 Å². The Bertz CT molecular complexity index is 1280. The molecule has 0 rings (SSSR count). The second kappa shape index (κ2) is 71.6. The van der Waals surface area contributed by atoms with Crippen molar-refractivity contribution in [2.24, 2.45) is 0 Å². The van der Waals surface area contributed by atoms with E-state index >= 15 is 0 Å². The summed E-state index contributed by atoms with van der Waals surface area (Å²) in [5.74, 6) is -0.820. The minimum absolute atomic E-state index is 0.0619. The fourth-order valence-corrected chi connectivity index (χ4v) is 11.9. The molecule has 0 saturated carbocycles. The molecule has 0 radical (unpaired) electrons. The number of ether oxygens (including phenoxy) is 3. The van der Waals surface area contributed by atoms with Crippen LogP contribution in [0.15, 0.2) is 12.2 Å². The zero-order valence-corrected chi connectivity index (χ0v) is 56.1. The smallest absolute Gasteiger partial charge is 0.306 e. The molecule has 1 unspecified atom stereocenters. The molecule has 0 aromatic rings. The monoisotopic (exact) mass is 1160 g/mol. The minimum atomic E-state index is -0.767. The lowest BCUT2D eigenvalue weighted by molar-refractivity contribution is -0.167. The molecule has 0 aliphatic heterocycles. The number of rotatable bonds is 71. The predicted octanol–water partition coefficient (Wildman–Crippen LogP) is 26.0. The fraction of sp³-hybridized carbons (Fsp3) is 0.934. The molecule has 82 heavy (non-hydrogen) atoms.